The molecular weight excluding hydrogens is 318 g/mol. The Balaban J connectivity index is 1.51. The fourth-order valence-corrected chi connectivity index (χ4v) is 3.17. The summed E-state index contributed by atoms with van der Waals surface area (Å²) in [4.78, 5) is 20.6. The van der Waals surface area contributed by atoms with Gasteiger partial charge in [0.15, 0.2) is 0 Å². The zero-order valence-electron chi connectivity index (χ0n) is 14.6. The van der Waals surface area contributed by atoms with E-state index in [2.05, 4.69) is 9.98 Å². The van der Waals surface area contributed by atoms with E-state index in [0.29, 0.717) is 19.0 Å². The second kappa shape index (κ2) is 8.25. The first-order valence-corrected chi connectivity index (χ1v) is 8.93. The van der Waals surface area contributed by atoms with E-state index in [9.17, 15) is 4.79 Å². The summed E-state index contributed by atoms with van der Waals surface area (Å²) in [6, 6.07) is 3.84. The second-order valence-corrected chi connectivity index (χ2v) is 6.48. The molecule has 1 saturated carbocycles. The molecule has 1 fully saturated rings. The van der Waals surface area contributed by atoms with Gasteiger partial charge >= 0.3 is 5.97 Å². The van der Waals surface area contributed by atoms with Gasteiger partial charge in [-0.05, 0) is 44.7 Å². The maximum Gasteiger partial charge on any atom is 0.308 e. The lowest BCUT2D eigenvalue weighted by atomic mass is 9.87. The van der Waals surface area contributed by atoms with E-state index in [1.807, 2.05) is 31.2 Å². The minimum absolute atomic E-state index is 0.00375. The Morgan fingerprint density at radius 2 is 2.08 bits per heavy atom. The SMILES string of the molecule is CCOC(=O)C1CCC(Oc2ccc(C3=NCC(N)C=C3)cn2)CC1. The minimum Gasteiger partial charge on any atom is -0.474 e. The van der Waals surface area contributed by atoms with Crippen molar-refractivity contribution in [1.82, 2.24) is 4.98 Å². The van der Waals surface area contributed by atoms with Crippen LogP contribution in [0.5, 0.6) is 5.88 Å². The Bertz CT molecular complexity index is 646. The molecule has 0 radical (unpaired) electrons. The Labute approximate surface area is 148 Å². The molecule has 0 spiro atoms. The minimum atomic E-state index is -0.0792. The first-order chi connectivity index (χ1) is 12.2. The van der Waals surface area contributed by atoms with Crippen molar-refractivity contribution in [3.63, 3.8) is 0 Å². The molecule has 134 valence electrons. The van der Waals surface area contributed by atoms with Gasteiger partial charge in [0, 0.05) is 23.9 Å². The van der Waals surface area contributed by atoms with Crippen molar-refractivity contribution in [1.29, 1.82) is 0 Å². The van der Waals surface area contributed by atoms with Crippen LogP contribution in [0.1, 0.15) is 38.2 Å². The standard InChI is InChI=1S/C19H25N3O3/c1-2-24-19(23)13-3-7-16(8-4-13)25-18-10-5-14(11-22-18)17-9-6-15(20)12-21-17/h5-6,9-11,13,15-16H,2-4,7-8,12,20H2,1H3. The summed E-state index contributed by atoms with van der Waals surface area (Å²) in [6.07, 6.45) is 9.08. The third-order valence-corrected chi connectivity index (χ3v) is 4.59. The van der Waals surface area contributed by atoms with Gasteiger partial charge in [0.25, 0.3) is 0 Å². The van der Waals surface area contributed by atoms with Crippen molar-refractivity contribution >= 4 is 11.7 Å². The molecule has 0 bridgehead atoms. The number of esters is 1. The lowest BCUT2D eigenvalue weighted by molar-refractivity contribution is -0.149. The van der Waals surface area contributed by atoms with Crippen LogP contribution in [0.25, 0.3) is 0 Å². The molecule has 25 heavy (non-hydrogen) atoms. The Hall–Kier alpha value is -2.21. The van der Waals surface area contributed by atoms with Crippen LogP contribution in [0.15, 0.2) is 35.5 Å². The summed E-state index contributed by atoms with van der Waals surface area (Å²) in [7, 11) is 0. The molecule has 0 saturated heterocycles. The summed E-state index contributed by atoms with van der Waals surface area (Å²) in [5, 5.41) is 0. The lowest BCUT2D eigenvalue weighted by Gasteiger charge is -2.27. The number of allylic oxidation sites excluding steroid dienone is 1. The third-order valence-electron chi connectivity index (χ3n) is 4.59. The predicted molar refractivity (Wildman–Crippen MR) is 95.8 cm³/mol. The van der Waals surface area contributed by atoms with Crippen LogP contribution < -0.4 is 10.5 Å². The normalized spacial score (nSPS) is 26.0. The summed E-state index contributed by atoms with van der Waals surface area (Å²) in [5.41, 5.74) is 7.65. The average molecular weight is 343 g/mol. The monoisotopic (exact) mass is 343 g/mol. The van der Waals surface area contributed by atoms with Crippen LogP contribution in [-0.2, 0) is 9.53 Å². The largest absolute Gasteiger partial charge is 0.474 e. The molecule has 3 rings (SSSR count). The molecule has 6 nitrogen and oxygen atoms in total. The van der Waals surface area contributed by atoms with Crippen molar-refractivity contribution in [2.24, 2.45) is 16.6 Å². The highest BCUT2D eigenvalue weighted by Gasteiger charge is 2.28. The number of pyridine rings is 1. The van der Waals surface area contributed by atoms with Crippen LogP contribution in [0.4, 0.5) is 0 Å². The number of dihydropyridines is 1. The van der Waals surface area contributed by atoms with Crippen molar-refractivity contribution in [2.75, 3.05) is 13.2 Å². The molecule has 2 heterocycles. The van der Waals surface area contributed by atoms with Crippen LogP contribution in [0.3, 0.4) is 0 Å². The van der Waals surface area contributed by atoms with Crippen LogP contribution >= 0.6 is 0 Å². The maximum absolute atomic E-state index is 11.8. The molecule has 2 aliphatic rings. The molecule has 0 amide bonds. The van der Waals surface area contributed by atoms with E-state index in [0.717, 1.165) is 37.0 Å². The number of carbonyl (C=O) groups excluding carboxylic acids is 1. The number of ether oxygens (including phenoxy) is 2. The maximum atomic E-state index is 11.8. The topological polar surface area (TPSA) is 86.8 Å². The number of nitrogens with two attached hydrogens (primary N) is 1. The second-order valence-electron chi connectivity index (χ2n) is 6.48. The quantitative estimate of drug-likeness (QED) is 0.829. The van der Waals surface area contributed by atoms with Gasteiger partial charge in [-0.3, -0.25) is 9.79 Å². The Morgan fingerprint density at radius 1 is 1.28 bits per heavy atom. The summed E-state index contributed by atoms with van der Waals surface area (Å²) in [6.45, 7) is 2.89. The third kappa shape index (κ3) is 4.66. The molecule has 1 aromatic heterocycles. The molecule has 1 aliphatic carbocycles. The van der Waals surface area contributed by atoms with Gasteiger partial charge in [-0.25, -0.2) is 4.98 Å². The molecule has 1 atom stereocenters. The summed E-state index contributed by atoms with van der Waals surface area (Å²) >= 11 is 0. The number of aliphatic imine (C=N–C) groups is 1. The molecular formula is C19H25N3O3. The molecule has 1 aromatic rings. The zero-order chi connectivity index (χ0) is 17.6. The van der Waals surface area contributed by atoms with E-state index in [1.165, 1.54) is 0 Å². The number of rotatable bonds is 5. The number of nitrogens with zero attached hydrogens (tertiary/aromatic N) is 2. The smallest absolute Gasteiger partial charge is 0.308 e. The van der Waals surface area contributed by atoms with Crippen LogP contribution in [0.2, 0.25) is 0 Å². The lowest BCUT2D eigenvalue weighted by Crippen LogP contribution is -2.29. The highest BCUT2D eigenvalue weighted by Crippen LogP contribution is 2.28. The molecule has 1 aliphatic heterocycles. The van der Waals surface area contributed by atoms with Gasteiger partial charge in [0.1, 0.15) is 6.10 Å². The van der Waals surface area contributed by atoms with Gasteiger partial charge in [0.05, 0.1) is 24.8 Å². The van der Waals surface area contributed by atoms with Crippen molar-refractivity contribution in [3.05, 3.63) is 36.0 Å². The van der Waals surface area contributed by atoms with Crippen molar-refractivity contribution < 1.29 is 14.3 Å². The summed E-state index contributed by atoms with van der Waals surface area (Å²) < 4.78 is 11.1. The molecule has 1 unspecified atom stereocenters. The van der Waals surface area contributed by atoms with E-state index >= 15 is 0 Å². The van der Waals surface area contributed by atoms with E-state index in [-0.39, 0.29) is 24.0 Å². The number of aromatic nitrogens is 1. The predicted octanol–water partition coefficient (Wildman–Crippen LogP) is 2.27. The first-order valence-electron chi connectivity index (χ1n) is 8.93. The number of hydrogen-bond acceptors (Lipinski definition) is 6. The van der Waals surface area contributed by atoms with Gasteiger partial charge < -0.3 is 15.2 Å². The Kier molecular flexibility index (Phi) is 5.81. The van der Waals surface area contributed by atoms with Crippen molar-refractivity contribution in [3.8, 4) is 5.88 Å². The van der Waals surface area contributed by atoms with Gasteiger partial charge in [-0.15, -0.1) is 0 Å². The highest BCUT2D eigenvalue weighted by molar-refractivity contribution is 6.09. The average Bonchev–Trinajstić information content (AvgIpc) is 2.64. The van der Waals surface area contributed by atoms with Gasteiger partial charge in [-0.2, -0.15) is 0 Å². The molecule has 6 heteroatoms. The van der Waals surface area contributed by atoms with E-state index in [1.54, 1.807) is 6.20 Å². The molecule has 2 N–H and O–H groups in total. The molecule has 0 aromatic carbocycles. The Morgan fingerprint density at radius 3 is 2.68 bits per heavy atom. The summed E-state index contributed by atoms with van der Waals surface area (Å²) in [5.74, 6) is 0.544. The number of hydrogen-bond donors (Lipinski definition) is 1. The van der Waals surface area contributed by atoms with Crippen molar-refractivity contribution in [2.45, 2.75) is 44.8 Å². The van der Waals surface area contributed by atoms with Crippen LogP contribution in [-0.4, -0.2) is 42.0 Å². The van der Waals surface area contributed by atoms with Crippen LogP contribution in [0, 0.1) is 5.92 Å². The first kappa shape index (κ1) is 17.6. The van der Waals surface area contributed by atoms with Gasteiger partial charge in [0.2, 0.25) is 5.88 Å². The van der Waals surface area contributed by atoms with E-state index in [4.69, 9.17) is 15.2 Å². The fraction of sp³-hybridized carbons (Fsp3) is 0.526. The number of carbonyl (C=O) groups is 1. The van der Waals surface area contributed by atoms with Gasteiger partial charge in [-0.1, -0.05) is 6.08 Å². The van der Waals surface area contributed by atoms with E-state index < -0.39 is 0 Å². The highest BCUT2D eigenvalue weighted by atomic mass is 16.5. The zero-order valence-corrected chi connectivity index (χ0v) is 14.6. The fourth-order valence-electron chi connectivity index (χ4n) is 3.17.